The summed E-state index contributed by atoms with van der Waals surface area (Å²) in [5, 5.41) is 0. The van der Waals surface area contributed by atoms with Gasteiger partial charge in [-0.3, -0.25) is 0 Å². The molecule has 0 spiro atoms. The van der Waals surface area contributed by atoms with Gasteiger partial charge in [0.15, 0.2) is 0 Å². The highest BCUT2D eigenvalue weighted by atomic mass is 28.4. The van der Waals surface area contributed by atoms with Crippen LogP contribution in [0.3, 0.4) is 0 Å². The van der Waals surface area contributed by atoms with E-state index in [0.717, 1.165) is 12.5 Å². The van der Waals surface area contributed by atoms with Crippen LogP contribution in [0.2, 0.25) is 12.1 Å². The molecule has 0 N–H and O–H groups in total. The van der Waals surface area contributed by atoms with Gasteiger partial charge in [0.1, 0.15) is 0 Å². The van der Waals surface area contributed by atoms with Crippen LogP contribution in [0.15, 0.2) is 0 Å². The van der Waals surface area contributed by atoms with Gasteiger partial charge in [0.05, 0.1) is 0 Å². The molecule has 0 bridgehead atoms. The van der Waals surface area contributed by atoms with E-state index in [2.05, 4.69) is 0 Å². The monoisotopic (exact) mass is 222 g/mol. The maximum atomic E-state index is 5.32. The van der Waals surface area contributed by atoms with Crippen molar-refractivity contribution in [2.45, 2.75) is 31.4 Å². The average molecular weight is 222 g/mol. The first-order valence-corrected chi connectivity index (χ1v) is 8.24. The zero-order valence-corrected chi connectivity index (χ0v) is 12.3. The number of unbranched alkanes of at least 4 members (excludes halogenated alkanes) is 2. The Morgan fingerprint density at radius 3 is 1.85 bits per heavy atom. The first kappa shape index (κ1) is 13.3. The van der Waals surface area contributed by atoms with Gasteiger partial charge >= 0.3 is 8.80 Å². The van der Waals surface area contributed by atoms with Crippen LogP contribution in [0.1, 0.15) is 19.3 Å². The largest absolute Gasteiger partial charge is 0.500 e. The van der Waals surface area contributed by atoms with Crippen molar-refractivity contribution in [2.24, 2.45) is 0 Å². The lowest BCUT2D eigenvalue weighted by Gasteiger charge is -2.24. The first-order valence-electron chi connectivity index (χ1n) is 4.90. The van der Waals surface area contributed by atoms with Crippen molar-refractivity contribution >= 4 is 19.0 Å². The minimum Gasteiger partial charge on any atom is -0.377 e. The van der Waals surface area contributed by atoms with E-state index < -0.39 is 8.80 Å². The molecule has 0 rings (SSSR count). The van der Waals surface area contributed by atoms with Crippen LogP contribution in [0.5, 0.6) is 0 Å². The summed E-state index contributed by atoms with van der Waals surface area (Å²) in [6, 6.07) is 2.33. The fourth-order valence-electron chi connectivity index (χ4n) is 1.32. The quantitative estimate of drug-likeness (QED) is 0.449. The highest BCUT2D eigenvalue weighted by Gasteiger charge is 2.36. The third-order valence-electron chi connectivity index (χ3n) is 2.27. The van der Waals surface area contributed by atoms with Gasteiger partial charge in [-0.2, -0.15) is 0 Å². The van der Waals surface area contributed by atoms with Crippen molar-refractivity contribution < 1.29 is 13.3 Å². The van der Waals surface area contributed by atoms with Gasteiger partial charge in [0.2, 0.25) is 0 Å². The predicted octanol–water partition coefficient (Wildman–Crippen LogP) is 0.818. The molecule has 5 heteroatoms. The summed E-state index contributed by atoms with van der Waals surface area (Å²) >= 11 is 0. The smallest absolute Gasteiger partial charge is 0.377 e. The zero-order chi connectivity index (χ0) is 10.2. The molecule has 80 valence electrons. The minimum absolute atomic E-state index is 0.943. The minimum atomic E-state index is -2.26. The molecule has 0 radical (unpaired) electrons. The molecule has 0 unspecified atom stereocenters. The van der Waals surface area contributed by atoms with Crippen LogP contribution in [-0.4, -0.2) is 40.4 Å². The Labute approximate surface area is 85.6 Å². The Morgan fingerprint density at radius 2 is 1.46 bits per heavy atom. The number of hydrogen-bond acceptors (Lipinski definition) is 3. The first-order chi connectivity index (χ1) is 6.24. The third-order valence-corrected chi connectivity index (χ3v) is 5.81. The highest BCUT2D eigenvalue weighted by Crippen LogP contribution is 2.17. The molecule has 0 aromatic rings. The Bertz CT molecular complexity index is 110. The summed E-state index contributed by atoms with van der Waals surface area (Å²) in [5.41, 5.74) is 0. The molecule has 0 atom stereocenters. The van der Waals surface area contributed by atoms with Crippen LogP contribution in [0.25, 0.3) is 0 Å². The fourth-order valence-corrected chi connectivity index (χ4v) is 3.62. The van der Waals surface area contributed by atoms with E-state index in [0.29, 0.717) is 0 Å². The Hall–Kier alpha value is 0.314. The van der Waals surface area contributed by atoms with Crippen molar-refractivity contribution in [1.29, 1.82) is 0 Å². The molecule has 0 aliphatic rings. The maximum Gasteiger partial charge on any atom is 0.500 e. The second kappa shape index (κ2) is 7.69. The molecule has 0 aromatic carbocycles. The van der Waals surface area contributed by atoms with Gasteiger partial charge in [0.25, 0.3) is 0 Å². The summed E-state index contributed by atoms with van der Waals surface area (Å²) in [5.74, 6) is 0. The van der Waals surface area contributed by atoms with Gasteiger partial charge in [-0.25, -0.2) is 0 Å². The maximum absolute atomic E-state index is 5.32. The highest BCUT2D eigenvalue weighted by molar-refractivity contribution is 6.60. The van der Waals surface area contributed by atoms with Crippen LogP contribution in [0, 0.1) is 0 Å². The summed E-state index contributed by atoms with van der Waals surface area (Å²) in [6.45, 7) is 0. The standard InChI is InChI=1S/C8H22O3Si2/c1-9-13(10-2,11-3)8-6-4-5-7-12/h4-8H2,1-3,12H3. The van der Waals surface area contributed by atoms with Crippen molar-refractivity contribution in [2.75, 3.05) is 21.3 Å². The summed E-state index contributed by atoms with van der Waals surface area (Å²) in [6.07, 6.45) is 3.77. The molecular formula is C8H22O3Si2. The van der Waals surface area contributed by atoms with Gasteiger partial charge in [-0.05, 0) is 6.42 Å². The molecule has 0 aromatic heterocycles. The van der Waals surface area contributed by atoms with Crippen LogP contribution in [0.4, 0.5) is 0 Å². The number of hydrogen-bond donors (Lipinski definition) is 0. The Balaban J connectivity index is 3.68. The molecule has 3 nitrogen and oxygen atoms in total. The lowest BCUT2D eigenvalue weighted by atomic mass is 10.3. The summed E-state index contributed by atoms with van der Waals surface area (Å²) in [4.78, 5) is 0. The van der Waals surface area contributed by atoms with Crippen molar-refractivity contribution in [3.63, 3.8) is 0 Å². The molecule has 0 saturated carbocycles. The topological polar surface area (TPSA) is 27.7 Å². The van der Waals surface area contributed by atoms with E-state index in [4.69, 9.17) is 13.3 Å². The van der Waals surface area contributed by atoms with Crippen LogP contribution < -0.4 is 0 Å². The van der Waals surface area contributed by atoms with Gasteiger partial charge in [0, 0.05) is 37.6 Å². The molecule has 0 aliphatic carbocycles. The van der Waals surface area contributed by atoms with E-state index in [1.165, 1.54) is 29.1 Å². The molecule has 0 amide bonds. The predicted molar refractivity (Wildman–Crippen MR) is 60.2 cm³/mol. The molecule has 0 aliphatic heterocycles. The Kier molecular flexibility index (Phi) is 7.88. The van der Waals surface area contributed by atoms with Gasteiger partial charge in [-0.15, -0.1) is 0 Å². The summed E-state index contributed by atoms with van der Waals surface area (Å²) < 4.78 is 16.0. The Morgan fingerprint density at radius 1 is 0.923 bits per heavy atom. The van der Waals surface area contributed by atoms with E-state index in [9.17, 15) is 0 Å². The normalized spacial score (nSPS) is 12.2. The van der Waals surface area contributed by atoms with Crippen molar-refractivity contribution in [1.82, 2.24) is 0 Å². The van der Waals surface area contributed by atoms with E-state index >= 15 is 0 Å². The molecule has 0 saturated heterocycles. The van der Waals surface area contributed by atoms with E-state index in [1.54, 1.807) is 21.3 Å². The SMILES string of the molecule is CO[Si](CCCCC[SiH3])(OC)OC. The molecule has 0 heterocycles. The van der Waals surface area contributed by atoms with Crippen molar-refractivity contribution in [3.8, 4) is 0 Å². The molecule has 0 fully saturated rings. The number of rotatable bonds is 8. The van der Waals surface area contributed by atoms with Crippen molar-refractivity contribution in [3.05, 3.63) is 0 Å². The van der Waals surface area contributed by atoms with Crippen LogP contribution >= 0.6 is 0 Å². The summed E-state index contributed by atoms with van der Waals surface area (Å²) in [7, 11) is 4.08. The lowest BCUT2D eigenvalue weighted by molar-refractivity contribution is 0.123. The third kappa shape index (κ3) is 4.92. The van der Waals surface area contributed by atoms with Crippen LogP contribution in [-0.2, 0) is 13.3 Å². The van der Waals surface area contributed by atoms with Gasteiger partial charge in [-0.1, -0.05) is 18.9 Å². The average Bonchev–Trinajstić information content (AvgIpc) is 2.20. The molecule has 13 heavy (non-hydrogen) atoms. The zero-order valence-electron chi connectivity index (χ0n) is 9.26. The lowest BCUT2D eigenvalue weighted by Crippen LogP contribution is -2.42. The van der Waals surface area contributed by atoms with E-state index in [1.807, 2.05) is 0 Å². The van der Waals surface area contributed by atoms with Gasteiger partial charge < -0.3 is 13.3 Å². The van der Waals surface area contributed by atoms with E-state index in [-0.39, 0.29) is 0 Å². The fraction of sp³-hybridized carbons (Fsp3) is 1.00. The second-order valence-corrected chi connectivity index (χ2v) is 7.20. The second-order valence-electron chi connectivity index (χ2n) is 3.11. The molecular weight excluding hydrogens is 200 g/mol.